The molecule has 25 heavy (non-hydrogen) atoms. The Morgan fingerprint density at radius 1 is 1.24 bits per heavy atom. The molecule has 1 fully saturated rings. The smallest absolute Gasteiger partial charge is 0.235 e. The monoisotopic (exact) mass is 374 g/mol. The molecule has 128 valence electrons. The fourth-order valence-electron chi connectivity index (χ4n) is 3.21. The van der Waals surface area contributed by atoms with E-state index in [1.54, 1.807) is 25.3 Å². The van der Waals surface area contributed by atoms with Crippen LogP contribution in [0.25, 0.3) is 10.9 Å². The van der Waals surface area contributed by atoms with Crippen molar-refractivity contribution in [2.45, 2.75) is 18.3 Å². The predicted octanol–water partition coefficient (Wildman–Crippen LogP) is 5.15. The molecule has 0 aliphatic heterocycles. The SMILES string of the molecule is COc1ccc2[nH]cc(C3(C(=O)Nc4cccc(Cl)c4Cl)CC3)c2c1. The molecule has 0 unspecified atom stereocenters. The second kappa shape index (κ2) is 5.97. The third-order valence-corrected chi connectivity index (χ3v) is 5.61. The van der Waals surface area contributed by atoms with Crippen molar-refractivity contribution in [2.75, 3.05) is 12.4 Å². The van der Waals surface area contributed by atoms with E-state index in [1.807, 2.05) is 24.4 Å². The maximum Gasteiger partial charge on any atom is 0.235 e. The summed E-state index contributed by atoms with van der Waals surface area (Å²) in [5.41, 5.74) is 1.95. The van der Waals surface area contributed by atoms with Crippen molar-refractivity contribution in [1.82, 2.24) is 4.98 Å². The number of carbonyl (C=O) groups is 1. The van der Waals surface area contributed by atoms with Crippen LogP contribution in [-0.2, 0) is 10.2 Å². The molecular formula is C19H16Cl2N2O2. The molecule has 2 aromatic carbocycles. The van der Waals surface area contributed by atoms with Gasteiger partial charge in [0, 0.05) is 17.1 Å². The van der Waals surface area contributed by atoms with Crippen LogP contribution in [0.2, 0.25) is 10.0 Å². The quantitative estimate of drug-likeness (QED) is 0.662. The Morgan fingerprint density at radius 2 is 2.04 bits per heavy atom. The zero-order valence-electron chi connectivity index (χ0n) is 13.5. The Labute approximate surface area is 155 Å². The summed E-state index contributed by atoms with van der Waals surface area (Å²) in [5.74, 6) is 0.697. The Balaban J connectivity index is 1.70. The summed E-state index contributed by atoms with van der Waals surface area (Å²) in [6, 6.07) is 11.0. The van der Waals surface area contributed by atoms with Crippen molar-refractivity contribution in [3.05, 3.63) is 58.2 Å². The van der Waals surface area contributed by atoms with Gasteiger partial charge < -0.3 is 15.0 Å². The number of fused-ring (bicyclic) bond motifs is 1. The minimum Gasteiger partial charge on any atom is -0.497 e. The molecule has 1 aliphatic carbocycles. The number of hydrogen-bond acceptors (Lipinski definition) is 2. The van der Waals surface area contributed by atoms with Crippen molar-refractivity contribution >= 4 is 45.7 Å². The van der Waals surface area contributed by atoms with Gasteiger partial charge in [-0.25, -0.2) is 0 Å². The molecule has 3 aromatic rings. The maximum absolute atomic E-state index is 13.0. The van der Waals surface area contributed by atoms with Gasteiger partial charge in [0.15, 0.2) is 0 Å². The summed E-state index contributed by atoms with van der Waals surface area (Å²) >= 11 is 12.2. The topological polar surface area (TPSA) is 54.1 Å². The Hall–Kier alpha value is -2.17. The largest absolute Gasteiger partial charge is 0.497 e. The van der Waals surface area contributed by atoms with Gasteiger partial charge in [0.05, 0.1) is 28.3 Å². The summed E-state index contributed by atoms with van der Waals surface area (Å²) in [4.78, 5) is 16.2. The van der Waals surface area contributed by atoms with Gasteiger partial charge in [-0.2, -0.15) is 0 Å². The molecule has 1 aromatic heterocycles. The van der Waals surface area contributed by atoms with E-state index in [2.05, 4.69) is 10.3 Å². The highest BCUT2D eigenvalue weighted by molar-refractivity contribution is 6.44. The fourth-order valence-corrected chi connectivity index (χ4v) is 3.56. The van der Waals surface area contributed by atoms with E-state index in [0.29, 0.717) is 15.7 Å². The molecule has 0 bridgehead atoms. The van der Waals surface area contributed by atoms with Crippen LogP contribution in [0.4, 0.5) is 5.69 Å². The van der Waals surface area contributed by atoms with Crippen LogP contribution in [0.15, 0.2) is 42.6 Å². The number of aromatic nitrogens is 1. The van der Waals surface area contributed by atoms with Crippen LogP contribution in [0.3, 0.4) is 0 Å². The zero-order chi connectivity index (χ0) is 17.6. The number of rotatable bonds is 4. The molecule has 1 saturated carbocycles. The van der Waals surface area contributed by atoms with Gasteiger partial charge in [0.2, 0.25) is 5.91 Å². The number of aromatic amines is 1. The Bertz CT molecular complexity index is 977. The van der Waals surface area contributed by atoms with Crippen LogP contribution < -0.4 is 10.1 Å². The Kier molecular flexibility index (Phi) is 3.89. The van der Waals surface area contributed by atoms with E-state index in [9.17, 15) is 4.79 Å². The van der Waals surface area contributed by atoms with Crippen molar-refractivity contribution < 1.29 is 9.53 Å². The summed E-state index contributed by atoms with van der Waals surface area (Å²) in [5, 5.41) is 4.71. The summed E-state index contributed by atoms with van der Waals surface area (Å²) < 4.78 is 5.32. The summed E-state index contributed by atoms with van der Waals surface area (Å²) in [7, 11) is 1.63. The fraction of sp³-hybridized carbons (Fsp3) is 0.211. The molecule has 4 rings (SSSR count). The number of benzene rings is 2. The third kappa shape index (κ3) is 2.66. The number of carbonyl (C=O) groups excluding carboxylic acids is 1. The second-order valence-corrected chi connectivity index (χ2v) is 7.04. The van der Waals surface area contributed by atoms with E-state index in [4.69, 9.17) is 27.9 Å². The minimum absolute atomic E-state index is 0.0691. The minimum atomic E-state index is -0.545. The molecule has 4 nitrogen and oxygen atoms in total. The number of methoxy groups -OCH3 is 1. The number of ether oxygens (including phenoxy) is 1. The summed E-state index contributed by atoms with van der Waals surface area (Å²) in [6.07, 6.45) is 3.50. The zero-order valence-corrected chi connectivity index (χ0v) is 15.0. The highest BCUT2D eigenvalue weighted by Gasteiger charge is 2.52. The highest BCUT2D eigenvalue weighted by atomic mass is 35.5. The van der Waals surface area contributed by atoms with Crippen LogP contribution >= 0.6 is 23.2 Å². The number of nitrogens with one attached hydrogen (secondary N) is 2. The molecule has 2 N–H and O–H groups in total. The molecule has 6 heteroatoms. The van der Waals surface area contributed by atoms with Crippen LogP contribution in [0, 0.1) is 0 Å². The average molecular weight is 375 g/mol. The first-order valence-corrected chi connectivity index (χ1v) is 8.72. The van der Waals surface area contributed by atoms with E-state index in [-0.39, 0.29) is 5.91 Å². The third-order valence-electron chi connectivity index (χ3n) is 4.79. The van der Waals surface area contributed by atoms with Crippen LogP contribution in [0.5, 0.6) is 5.75 Å². The Morgan fingerprint density at radius 3 is 2.76 bits per heavy atom. The number of hydrogen-bond donors (Lipinski definition) is 2. The lowest BCUT2D eigenvalue weighted by molar-refractivity contribution is -0.118. The number of halogens is 2. The molecule has 1 heterocycles. The van der Waals surface area contributed by atoms with Crippen molar-refractivity contribution in [2.24, 2.45) is 0 Å². The molecule has 0 spiro atoms. The number of H-pyrrole nitrogens is 1. The van der Waals surface area contributed by atoms with Crippen LogP contribution in [0.1, 0.15) is 18.4 Å². The normalized spacial score (nSPS) is 15.2. The van der Waals surface area contributed by atoms with E-state index >= 15 is 0 Å². The molecule has 1 aliphatic rings. The van der Waals surface area contributed by atoms with Crippen LogP contribution in [-0.4, -0.2) is 18.0 Å². The van der Waals surface area contributed by atoms with E-state index in [1.165, 1.54) is 0 Å². The van der Waals surface area contributed by atoms with Crippen molar-refractivity contribution in [1.29, 1.82) is 0 Å². The molecule has 0 saturated heterocycles. The first-order valence-electron chi connectivity index (χ1n) is 7.96. The summed E-state index contributed by atoms with van der Waals surface area (Å²) in [6.45, 7) is 0. The van der Waals surface area contributed by atoms with Gasteiger partial charge in [0.1, 0.15) is 5.75 Å². The first-order chi connectivity index (χ1) is 12.0. The molecule has 0 atom stereocenters. The average Bonchev–Trinajstić information content (AvgIpc) is 3.32. The number of anilines is 1. The van der Waals surface area contributed by atoms with Gasteiger partial charge in [-0.3, -0.25) is 4.79 Å². The van der Waals surface area contributed by atoms with Crippen molar-refractivity contribution in [3.63, 3.8) is 0 Å². The van der Waals surface area contributed by atoms with E-state index in [0.717, 1.165) is 35.1 Å². The van der Waals surface area contributed by atoms with Crippen molar-refractivity contribution in [3.8, 4) is 5.75 Å². The van der Waals surface area contributed by atoms with Gasteiger partial charge in [-0.15, -0.1) is 0 Å². The van der Waals surface area contributed by atoms with E-state index < -0.39 is 5.41 Å². The lowest BCUT2D eigenvalue weighted by Gasteiger charge is -2.16. The number of amides is 1. The molecular weight excluding hydrogens is 359 g/mol. The van der Waals surface area contributed by atoms with Gasteiger partial charge >= 0.3 is 0 Å². The van der Waals surface area contributed by atoms with Gasteiger partial charge in [0.25, 0.3) is 0 Å². The highest BCUT2D eigenvalue weighted by Crippen LogP contribution is 2.51. The van der Waals surface area contributed by atoms with Gasteiger partial charge in [-0.05, 0) is 48.7 Å². The first kappa shape index (κ1) is 16.3. The predicted molar refractivity (Wildman–Crippen MR) is 101 cm³/mol. The van der Waals surface area contributed by atoms with Gasteiger partial charge in [-0.1, -0.05) is 29.3 Å². The molecule has 1 amide bonds. The lowest BCUT2D eigenvalue weighted by atomic mass is 9.94. The lowest BCUT2D eigenvalue weighted by Crippen LogP contribution is -2.27. The second-order valence-electron chi connectivity index (χ2n) is 6.25. The molecule has 0 radical (unpaired) electrons. The standard InChI is InChI=1S/C19H16Cl2N2O2/c1-25-11-5-6-15-12(9-11)13(10-22-15)19(7-8-19)18(24)23-16-4-2-3-14(20)17(16)21/h2-6,9-10,22H,7-8H2,1H3,(H,23,24). The maximum atomic E-state index is 13.0.